The number of imidazole rings is 1. The maximum absolute atomic E-state index is 14.0. The summed E-state index contributed by atoms with van der Waals surface area (Å²) in [5.74, 6) is -0.343. The van der Waals surface area contributed by atoms with Gasteiger partial charge in [0.2, 0.25) is 0 Å². The Hall–Kier alpha value is -4.50. The lowest BCUT2D eigenvalue weighted by Crippen LogP contribution is -2.28. The van der Waals surface area contributed by atoms with Gasteiger partial charge in [0.1, 0.15) is 22.9 Å². The molecule has 6 aromatic heterocycles. The fourth-order valence-electron chi connectivity index (χ4n) is 4.80. The number of hydrogen-bond acceptors (Lipinski definition) is 6. The third kappa shape index (κ3) is 3.28. The number of pyridine rings is 4. The van der Waals surface area contributed by atoms with Gasteiger partial charge in [0.15, 0.2) is 0 Å². The predicted octanol–water partition coefficient (Wildman–Crippen LogP) is 4.42. The zero-order valence-corrected chi connectivity index (χ0v) is 19.5. The van der Waals surface area contributed by atoms with Crippen molar-refractivity contribution >= 4 is 16.7 Å². The molecule has 0 fully saturated rings. The maximum Gasteiger partial charge on any atom is 0.144 e. The van der Waals surface area contributed by atoms with Gasteiger partial charge in [-0.2, -0.15) is 5.10 Å². The molecule has 0 spiro atoms. The fourth-order valence-corrected chi connectivity index (χ4v) is 4.80. The molecule has 176 valence electrons. The highest BCUT2D eigenvalue weighted by molar-refractivity contribution is 5.85. The average Bonchev–Trinajstić information content (AvgIpc) is 3.52. The van der Waals surface area contributed by atoms with Crippen molar-refractivity contribution in [3.63, 3.8) is 0 Å². The Bertz CT molecular complexity index is 1780. The molecule has 0 saturated carbocycles. The van der Waals surface area contributed by atoms with E-state index in [1.54, 1.807) is 13.0 Å². The molecule has 7 heterocycles. The number of fused-ring (bicyclic) bond motifs is 3. The van der Waals surface area contributed by atoms with Crippen LogP contribution in [0.4, 0.5) is 4.39 Å². The summed E-state index contributed by atoms with van der Waals surface area (Å²) in [4.78, 5) is 19.0. The summed E-state index contributed by atoms with van der Waals surface area (Å²) < 4.78 is 18.0. The van der Waals surface area contributed by atoms with Gasteiger partial charge in [-0.25, -0.2) is 19.3 Å². The smallest absolute Gasteiger partial charge is 0.144 e. The molecule has 1 aliphatic rings. The van der Waals surface area contributed by atoms with Crippen molar-refractivity contribution < 1.29 is 4.39 Å². The van der Waals surface area contributed by atoms with Gasteiger partial charge in [-0.05, 0) is 49.4 Å². The molecule has 0 aromatic carbocycles. The molecule has 1 aliphatic heterocycles. The second-order valence-electron chi connectivity index (χ2n) is 8.87. The van der Waals surface area contributed by atoms with Gasteiger partial charge >= 0.3 is 0 Å². The molecule has 0 radical (unpaired) electrons. The van der Waals surface area contributed by atoms with E-state index in [-0.39, 0.29) is 5.82 Å². The first-order valence-corrected chi connectivity index (χ1v) is 11.8. The molecule has 1 N–H and O–H groups in total. The van der Waals surface area contributed by atoms with E-state index in [0.29, 0.717) is 17.1 Å². The van der Waals surface area contributed by atoms with Gasteiger partial charge in [0.25, 0.3) is 0 Å². The summed E-state index contributed by atoms with van der Waals surface area (Å²) in [6.07, 6.45) is 5.73. The van der Waals surface area contributed by atoms with Crippen LogP contribution in [0.25, 0.3) is 50.6 Å². The molecular weight excluding hydrogens is 455 g/mol. The Labute approximate surface area is 205 Å². The Morgan fingerprint density at radius 2 is 1.86 bits per heavy atom. The number of nitrogens with one attached hydrogen (secondary N) is 1. The third-order valence-corrected chi connectivity index (χ3v) is 6.63. The highest BCUT2D eigenvalue weighted by Gasteiger charge is 2.20. The minimum atomic E-state index is -0.343. The lowest BCUT2D eigenvalue weighted by atomic mass is 10.1. The van der Waals surface area contributed by atoms with Crippen molar-refractivity contribution in [2.45, 2.75) is 20.0 Å². The Morgan fingerprint density at radius 3 is 2.78 bits per heavy atom. The van der Waals surface area contributed by atoms with E-state index >= 15 is 0 Å². The molecule has 9 heteroatoms. The summed E-state index contributed by atoms with van der Waals surface area (Å²) in [6.45, 7) is 4.20. The highest BCUT2D eigenvalue weighted by Crippen LogP contribution is 2.33. The van der Waals surface area contributed by atoms with Gasteiger partial charge in [0, 0.05) is 36.6 Å². The summed E-state index contributed by atoms with van der Waals surface area (Å²) in [5.41, 5.74) is 8.63. The van der Waals surface area contributed by atoms with Crippen LogP contribution in [0, 0.1) is 12.7 Å². The van der Waals surface area contributed by atoms with E-state index in [1.165, 1.54) is 6.07 Å². The van der Waals surface area contributed by atoms with Crippen LogP contribution >= 0.6 is 0 Å². The molecule has 0 amide bonds. The van der Waals surface area contributed by atoms with Gasteiger partial charge in [-0.1, -0.05) is 6.07 Å². The Balaban J connectivity index is 1.41. The number of aryl methyl sites for hydroxylation is 1. The van der Waals surface area contributed by atoms with Gasteiger partial charge in [-0.15, -0.1) is 0 Å². The van der Waals surface area contributed by atoms with Crippen LogP contribution < -0.4 is 5.32 Å². The van der Waals surface area contributed by atoms with Gasteiger partial charge in [0.05, 0.1) is 46.6 Å². The molecule has 6 aromatic rings. The molecule has 0 bridgehead atoms. The normalized spacial score (nSPS) is 13.4. The number of hydrogen-bond donors (Lipinski definition) is 1. The lowest BCUT2D eigenvalue weighted by Gasteiger charge is -2.16. The van der Waals surface area contributed by atoms with E-state index in [9.17, 15) is 4.39 Å². The van der Waals surface area contributed by atoms with E-state index in [1.807, 2.05) is 58.0 Å². The minimum Gasteiger partial charge on any atom is -0.309 e. The van der Waals surface area contributed by atoms with Gasteiger partial charge in [-0.3, -0.25) is 14.1 Å². The van der Waals surface area contributed by atoms with E-state index in [0.717, 1.165) is 64.5 Å². The van der Waals surface area contributed by atoms with Crippen molar-refractivity contribution in [3.05, 3.63) is 84.3 Å². The molecule has 0 aliphatic carbocycles. The lowest BCUT2D eigenvalue weighted by molar-refractivity contribution is 0.476. The highest BCUT2D eigenvalue weighted by atomic mass is 19.1. The molecular formula is C27H21FN8. The number of aromatic nitrogens is 7. The number of nitrogens with zero attached hydrogens (tertiary/aromatic N) is 7. The van der Waals surface area contributed by atoms with E-state index < -0.39 is 0 Å². The zero-order chi connectivity index (χ0) is 24.2. The van der Waals surface area contributed by atoms with Crippen LogP contribution in [-0.4, -0.2) is 40.7 Å². The quantitative estimate of drug-likeness (QED) is 0.407. The molecule has 0 atom stereocenters. The zero-order valence-electron chi connectivity index (χ0n) is 19.5. The van der Waals surface area contributed by atoms with Gasteiger partial charge < -0.3 is 5.32 Å². The number of halogens is 1. The number of rotatable bonds is 3. The van der Waals surface area contributed by atoms with Crippen LogP contribution in [0.5, 0.6) is 0 Å². The average molecular weight is 477 g/mol. The van der Waals surface area contributed by atoms with Crippen molar-refractivity contribution in [3.8, 4) is 33.9 Å². The first-order chi connectivity index (χ1) is 17.7. The molecule has 7 rings (SSSR count). The van der Waals surface area contributed by atoms with Crippen molar-refractivity contribution in [2.24, 2.45) is 0 Å². The van der Waals surface area contributed by atoms with Crippen molar-refractivity contribution in [1.82, 2.24) is 39.4 Å². The second kappa shape index (κ2) is 8.03. The summed E-state index contributed by atoms with van der Waals surface area (Å²) in [5, 5.41) is 7.96. The topological polar surface area (TPSA) is 85.8 Å². The van der Waals surface area contributed by atoms with Crippen LogP contribution in [-0.2, 0) is 13.1 Å². The summed E-state index contributed by atoms with van der Waals surface area (Å²) >= 11 is 0. The molecule has 8 nitrogen and oxygen atoms in total. The molecule has 0 unspecified atom stereocenters. The summed E-state index contributed by atoms with van der Waals surface area (Å²) in [7, 11) is 0. The molecule has 36 heavy (non-hydrogen) atoms. The van der Waals surface area contributed by atoms with Crippen molar-refractivity contribution in [1.29, 1.82) is 0 Å². The van der Waals surface area contributed by atoms with Crippen LogP contribution in [0.3, 0.4) is 0 Å². The first kappa shape index (κ1) is 20.8. The Kier molecular flexibility index (Phi) is 4.65. The standard InChI is InChI=1S/C27H21FN8/c1-16-19(28)5-6-21(32-16)26-27(35-10-3-2-4-25(35)34-26)22-8-7-20-23(33-22)12-17(13-30-20)18-14-31-36-11-9-29-15-24(18)36/h2-8,10,12-14,29H,9,11,15H2,1H3. The monoisotopic (exact) mass is 476 g/mol. The van der Waals surface area contributed by atoms with E-state index in [4.69, 9.17) is 9.97 Å². The maximum atomic E-state index is 14.0. The molecule has 0 saturated heterocycles. The fraction of sp³-hybridized carbons (Fsp3) is 0.148. The Morgan fingerprint density at radius 1 is 0.944 bits per heavy atom. The first-order valence-electron chi connectivity index (χ1n) is 11.8. The summed E-state index contributed by atoms with van der Waals surface area (Å²) in [6, 6.07) is 14.9. The van der Waals surface area contributed by atoms with Crippen LogP contribution in [0.2, 0.25) is 0 Å². The van der Waals surface area contributed by atoms with Crippen molar-refractivity contribution in [2.75, 3.05) is 6.54 Å². The minimum absolute atomic E-state index is 0.329. The van der Waals surface area contributed by atoms with E-state index in [2.05, 4.69) is 26.4 Å². The predicted molar refractivity (Wildman–Crippen MR) is 135 cm³/mol. The SMILES string of the molecule is Cc1nc(-c2nc3ccccn3c2-c2ccc3ncc(-c4cnn5c4CNCC5)cc3n2)ccc1F. The van der Waals surface area contributed by atoms with Crippen LogP contribution in [0.1, 0.15) is 11.4 Å². The van der Waals surface area contributed by atoms with Crippen LogP contribution in [0.15, 0.2) is 67.1 Å². The second-order valence-corrected chi connectivity index (χ2v) is 8.87. The largest absolute Gasteiger partial charge is 0.309 e. The third-order valence-electron chi connectivity index (χ3n) is 6.63.